The average Bonchev–Trinajstić information content (AvgIpc) is 3.04. The molecule has 0 aliphatic carbocycles. The second kappa shape index (κ2) is 42900. The molecule has 0 rings (SSSR count). The highest BCUT2D eigenvalue weighted by atomic mass is 19.1. The summed E-state index contributed by atoms with van der Waals surface area (Å²) in [5, 5.41) is 0. The standard InChI is InChI=1S/2C2HF.12C2H6.2CH3F/c2*1-2-3;14*1-2/h2*1H;12*1-2H3;2*1H3. The maximum absolute atomic E-state index is 9.82. The number of hydrogen-bond acceptors (Lipinski definition) is 0. The van der Waals surface area contributed by atoms with Crippen LogP contribution in [0, 0.1) is 25.2 Å². The topological polar surface area (TPSA) is 0 Å². The van der Waals surface area contributed by atoms with Gasteiger partial charge in [-0.05, 0) is 0 Å². The van der Waals surface area contributed by atoms with Crippen LogP contribution in [0.1, 0.15) is 166 Å². The number of alkyl halides is 2. The maximum atomic E-state index is 9.82. The van der Waals surface area contributed by atoms with Crippen molar-refractivity contribution >= 4 is 0 Å². The number of halogens is 4. The van der Waals surface area contributed by atoms with Gasteiger partial charge < -0.3 is 0 Å². The van der Waals surface area contributed by atoms with Crippen molar-refractivity contribution in [1.29, 1.82) is 0 Å². The van der Waals surface area contributed by atoms with E-state index in [2.05, 4.69) is 12.8 Å². The maximum Gasteiger partial charge on any atom is 0.102 e. The highest BCUT2D eigenvalue weighted by molar-refractivity contribution is 4.63. The quantitative estimate of drug-likeness (QED) is 0.222. The molecule has 0 spiro atoms. The first-order valence-electron chi connectivity index (χ1n) is 13.7. The summed E-state index contributed by atoms with van der Waals surface area (Å²) in [6.07, 6.45) is 9.36. The molecule has 0 heterocycles. The van der Waals surface area contributed by atoms with Crippen LogP contribution in [0.25, 0.3) is 0 Å². The molecular weight excluding hydrogens is 436 g/mol. The summed E-state index contributed by atoms with van der Waals surface area (Å²) in [4.78, 5) is 0. The second-order valence-corrected chi connectivity index (χ2v) is 0.218. The first-order chi connectivity index (χ1) is 16.8. The second-order valence-electron chi connectivity index (χ2n) is 0.218. The molecule has 0 atom stereocenters. The van der Waals surface area contributed by atoms with Crippen LogP contribution in [0.4, 0.5) is 17.6 Å². The van der Waals surface area contributed by atoms with Gasteiger partial charge in [-0.15, -0.1) is 8.78 Å². The monoisotopic (exact) mass is 517 g/mol. The van der Waals surface area contributed by atoms with E-state index in [4.69, 9.17) is 0 Å². The lowest BCUT2D eigenvalue weighted by atomic mass is 11.0. The van der Waals surface area contributed by atoms with E-state index in [1.165, 1.54) is 0 Å². The van der Waals surface area contributed by atoms with Gasteiger partial charge in [0.05, 0.1) is 14.4 Å². The van der Waals surface area contributed by atoms with Crippen molar-refractivity contribution < 1.29 is 17.6 Å². The van der Waals surface area contributed by atoms with E-state index < -0.39 is 0 Å². The summed E-state index contributed by atoms with van der Waals surface area (Å²) < 4.78 is 38.6. The van der Waals surface area contributed by atoms with E-state index in [9.17, 15) is 17.6 Å². The summed E-state index contributed by atoms with van der Waals surface area (Å²) in [7, 11) is 1.00. The van der Waals surface area contributed by atoms with Crippen LogP contribution in [-0.4, -0.2) is 14.4 Å². The summed E-state index contributed by atoms with van der Waals surface area (Å²) >= 11 is 0. The predicted octanol–water partition coefficient (Wildman–Crippen LogP) is 14.6. The fraction of sp³-hybridized carbons (Fsp3) is 0.867. The molecule has 228 valence electrons. The number of terminal acetylenes is 2. The molecule has 0 saturated heterocycles. The Morgan fingerprint density at radius 3 is 0.265 bits per heavy atom. The minimum Gasteiger partial charge on any atom is -0.255 e. The molecular formula is C30H80F4. The lowest BCUT2D eigenvalue weighted by Gasteiger charge is -1.17. The largest absolute Gasteiger partial charge is 0.255 e. The normalized spacial score (nSPS) is 2.94. The van der Waals surface area contributed by atoms with Crippen molar-refractivity contribution in [2.45, 2.75) is 166 Å². The van der Waals surface area contributed by atoms with Gasteiger partial charge in [-0.1, -0.05) is 179 Å². The first-order valence-corrected chi connectivity index (χ1v) is 13.7. The Bertz CT molecular complexity index is 72.8. The number of rotatable bonds is 0. The molecule has 0 aliphatic heterocycles. The van der Waals surface area contributed by atoms with Crippen molar-refractivity contribution in [3.63, 3.8) is 0 Å². The van der Waals surface area contributed by atoms with Crippen LogP contribution in [0.15, 0.2) is 0 Å². The molecule has 0 radical (unpaired) electrons. The first kappa shape index (κ1) is 117. The van der Waals surface area contributed by atoms with E-state index in [-0.39, 0.29) is 0 Å². The molecule has 0 unspecified atom stereocenters. The molecule has 0 nitrogen and oxygen atoms in total. The zero-order valence-corrected chi connectivity index (χ0v) is 29.7. The van der Waals surface area contributed by atoms with Crippen LogP contribution in [0.5, 0.6) is 0 Å². The Hall–Kier alpha value is -1.16. The van der Waals surface area contributed by atoms with Gasteiger partial charge in [-0.3, -0.25) is 8.78 Å². The fourth-order valence-electron chi connectivity index (χ4n) is 0. The van der Waals surface area contributed by atoms with E-state index in [0.717, 1.165) is 12.3 Å². The van der Waals surface area contributed by atoms with Crippen LogP contribution >= 0.6 is 0 Å². The molecule has 0 saturated carbocycles. The van der Waals surface area contributed by atoms with Crippen molar-refractivity contribution in [1.82, 2.24) is 0 Å². The number of hydrogen-bond donors (Lipinski definition) is 0. The smallest absolute Gasteiger partial charge is 0.102 e. The van der Waals surface area contributed by atoms with Gasteiger partial charge in [0.25, 0.3) is 0 Å². The third kappa shape index (κ3) is 20400. The van der Waals surface area contributed by atoms with E-state index in [0.29, 0.717) is 14.4 Å². The van der Waals surface area contributed by atoms with Crippen molar-refractivity contribution in [3.8, 4) is 25.2 Å². The molecule has 0 aliphatic rings. The SMILES string of the molecule is C#CF.C#CF.CC.CC.CC.CC.CC.CC.CC.CC.CC.CC.CC.CC.CF.CF. The molecule has 0 amide bonds. The minimum atomic E-state index is 0.500. The molecule has 0 aromatic rings. The Kier molecular flexibility index (Phi) is 148000. The Morgan fingerprint density at radius 1 is 0.265 bits per heavy atom. The Morgan fingerprint density at radius 2 is 0.265 bits per heavy atom. The van der Waals surface area contributed by atoms with Gasteiger partial charge in [0.1, 0.15) is 12.3 Å². The summed E-state index contributed by atoms with van der Waals surface area (Å²) in [6, 6.07) is 0. The van der Waals surface area contributed by atoms with E-state index in [1.54, 1.807) is 0 Å². The average molecular weight is 517 g/mol. The summed E-state index contributed by atoms with van der Waals surface area (Å²) in [6.45, 7) is 48.0. The van der Waals surface area contributed by atoms with Crippen molar-refractivity contribution in [3.05, 3.63) is 0 Å². The van der Waals surface area contributed by atoms with Crippen LogP contribution in [0.2, 0.25) is 0 Å². The van der Waals surface area contributed by atoms with Gasteiger partial charge >= 0.3 is 0 Å². The van der Waals surface area contributed by atoms with Crippen LogP contribution in [0.3, 0.4) is 0 Å². The van der Waals surface area contributed by atoms with Gasteiger partial charge in [0.15, 0.2) is 0 Å². The van der Waals surface area contributed by atoms with Gasteiger partial charge in [0.2, 0.25) is 0 Å². The molecule has 0 aromatic heterocycles. The van der Waals surface area contributed by atoms with Crippen molar-refractivity contribution in [2.75, 3.05) is 14.4 Å². The zero-order valence-electron chi connectivity index (χ0n) is 29.7. The molecule has 4 heteroatoms. The molecule has 0 bridgehead atoms. The van der Waals surface area contributed by atoms with Gasteiger partial charge in [-0.2, -0.15) is 0 Å². The van der Waals surface area contributed by atoms with Gasteiger partial charge in [-0.25, -0.2) is 0 Å². The molecule has 0 fully saturated rings. The fourth-order valence-corrected chi connectivity index (χ4v) is 0. The third-order valence-electron chi connectivity index (χ3n) is 0. The van der Waals surface area contributed by atoms with Crippen LogP contribution < -0.4 is 0 Å². The van der Waals surface area contributed by atoms with Crippen LogP contribution in [-0.2, 0) is 0 Å². The zero-order chi connectivity index (χ0) is 33.4. The minimum absolute atomic E-state index is 0.500. The lowest BCUT2D eigenvalue weighted by molar-refractivity contribution is 0.635. The van der Waals surface area contributed by atoms with E-state index >= 15 is 0 Å². The highest BCUT2D eigenvalue weighted by Gasteiger charge is 1.15. The van der Waals surface area contributed by atoms with Gasteiger partial charge in [0, 0.05) is 0 Å². The van der Waals surface area contributed by atoms with Crippen molar-refractivity contribution in [2.24, 2.45) is 0 Å². The summed E-state index contributed by atoms with van der Waals surface area (Å²) in [5.74, 6) is 0. The highest BCUT2D eigenvalue weighted by Crippen LogP contribution is 1.34. The Balaban J connectivity index is -0.00000000728. The lowest BCUT2D eigenvalue weighted by Crippen LogP contribution is -1.02. The predicted molar refractivity (Wildman–Crippen MR) is 170 cm³/mol. The van der Waals surface area contributed by atoms with E-state index in [1.807, 2.05) is 166 Å². The Labute approximate surface area is 223 Å². The molecule has 0 aromatic carbocycles. The molecule has 0 N–H and O–H groups in total. The molecule has 34 heavy (non-hydrogen) atoms. The summed E-state index contributed by atoms with van der Waals surface area (Å²) in [5.41, 5.74) is 0. The third-order valence-corrected chi connectivity index (χ3v) is 0.